The Bertz CT molecular complexity index is 1240. The lowest BCUT2D eigenvalue weighted by Gasteiger charge is -2.37. The van der Waals surface area contributed by atoms with E-state index in [1.165, 1.54) is 30.5 Å². The van der Waals surface area contributed by atoms with Crippen LogP contribution in [0.5, 0.6) is 17.4 Å². The third-order valence-electron chi connectivity index (χ3n) is 5.63. The van der Waals surface area contributed by atoms with Gasteiger partial charge >= 0.3 is 0 Å². The highest BCUT2D eigenvalue weighted by Crippen LogP contribution is 2.30. The summed E-state index contributed by atoms with van der Waals surface area (Å²) in [6.07, 6.45) is 2.38. The number of β-amino-alcohol motifs (C(OH)–C–C–N with tert-alkyl or cyclic N) is 1. The molecule has 2 aromatic heterocycles. The molecule has 172 valence electrons. The molecule has 0 spiro atoms. The van der Waals surface area contributed by atoms with Gasteiger partial charge in [-0.25, -0.2) is 14.4 Å². The number of rotatable bonds is 6. The van der Waals surface area contributed by atoms with Gasteiger partial charge in [-0.15, -0.1) is 0 Å². The summed E-state index contributed by atoms with van der Waals surface area (Å²) in [5.74, 6) is 1.09. The summed E-state index contributed by atoms with van der Waals surface area (Å²) in [7, 11) is 0. The number of benzene rings is 1. The van der Waals surface area contributed by atoms with E-state index in [0.29, 0.717) is 60.5 Å². The van der Waals surface area contributed by atoms with Crippen molar-refractivity contribution in [3.8, 4) is 23.4 Å². The molecule has 3 aromatic rings. The highest BCUT2D eigenvalue weighted by molar-refractivity contribution is 5.99. The van der Waals surface area contributed by atoms with Crippen LogP contribution in [0, 0.1) is 17.1 Å². The minimum atomic E-state index is -0.693. The number of halogens is 1. The zero-order valence-corrected chi connectivity index (χ0v) is 18.0. The Labute approximate surface area is 194 Å². The number of carbonyl (C=O) groups is 1. The number of ether oxygens (including phenoxy) is 2. The molecule has 0 bridgehead atoms. The van der Waals surface area contributed by atoms with Gasteiger partial charge in [0.15, 0.2) is 6.10 Å². The van der Waals surface area contributed by atoms with Gasteiger partial charge in [0.1, 0.15) is 29.2 Å². The van der Waals surface area contributed by atoms with Gasteiger partial charge in [0.2, 0.25) is 5.88 Å². The van der Waals surface area contributed by atoms with Crippen LogP contribution >= 0.6 is 0 Å². The number of nitriles is 1. The van der Waals surface area contributed by atoms with E-state index in [4.69, 9.17) is 9.47 Å². The van der Waals surface area contributed by atoms with Gasteiger partial charge in [0.05, 0.1) is 29.7 Å². The van der Waals surface area contributed by atoms with E-state index in [0.717, 1.165) is 0 Å². The van der Waals surface area contributed by atoms with Crippen LogP contribution in [0.2, 0.25) is 0 Å². The van der Waals surface area contributed by atoms with Gasteiger partial charge < -0.3 is 24.4 Å². The number of aromatic nitrogens is 2. The summed E-state index contributed by atoms with van der Waals surface area (Å²) in [6.45, 7) is 1.29. The predicted molar refractivity (Wildman–Crippen MR) is 119 cm³/mol. The van der Waals surface area contributed by atoms with E-state index >= 15 is 0 Å². The molecule has 1 atom stereocenters. The fourth-order valence-corrected chi connectivity index (χ4v) is 3.86. The van der Waals surface area contributed by atoms with E-state index < -0.39 is 12.2 Å². The van der Waals surface area contributed by atoms with Crippen LogP contribution in [0.1, 0.15) is 12.0 Å². The highest BCUT2D eigenvalue weighted by Gasteiger charge is 2.35. The zero-order chi connectivity index (χ0) is 23.7. The number of hydrogen-bond donors (Lipinski definition) is 1. The Morgan fingerprint density at radius 2 is 1.85 bits per heavy atom. The van der Waals surface area contributed by atoms with Crippen LogP contribution < -0.4 is 19.3 Å². The molecule has 2 aliphatic heterocycles. The third-order valence-corrected chi connectivity index (χ3v) is 5.63. The zero-order valence-electron chi connectivity index (χ0n) is 18.0. The first-order valence-electron chi connectivity index (χ1n) is 10.7. The summed E-state index contributed by atoms with van der Waals surface area (Å²) in [4.78, 5) is 24.8. The first-order chi connectivity index (χ1) is 16.5. The van der Waals surface area contributed by atoms with Crippen molar-refractivity contribution in [2.75, 3.05) is 29.4 Å². The molecule has 2 aliphatic rings. The normalized spacial score (nSPS) is 17.9. The number of anilines is 2. The summed E-state index contributed by atoms with van der Waals surface area (Å²) in [6, 6.07) is 12.6. The lowest BCUT2D eigenvalue weighted by molar-refractivity contribution is -0.122. The molecule has 0 unspecified atom stereocenters. The van der Waals surface area contributed by atoms with Crippen molar-refractivity contribution >= 4 is 17.4 Å². The minimum Gasteiger partial charge on any atom is -0.479 e. The molecular formula is C24H20FN5O4. The molecule has 1 amide bonds. The molecule has 0 radical (unpaired) electrons. The summed E-state index contributed by atoms with van der Waals surface area (Å²) >= 11 is 0. The Hall–Kier alpha value is -4.23. The van der Waals surface area contributed by atoms with Crippen LogP contribution in [-0.2, 0) is 4.79 Å². The van der Waals surface area contributed by atoms with E-state index in [9.17, 15) is 19.6 Å². The number of hydrogen-bond acceptors (Lipinski definition) is 8. The molecule has 9 nitrogen and oxygen atoms in total. The maximum absolute atomic E-state index is 13.0. The number of aliphatic hydroxyl groups is 1. The van der Waals surface area contributed by atoms with Crippen LogP contribution in [0.4, 0.5) is 15.9 Å². The second-order valence-electron chi connectivity index (χ2n) is 8.01. The molecule has 2 fully saturated rings. The molecule has 4 heterocycles. The van der Waals surface area contributed by atoms with Crippen LogP contribution in [0.25, 0.3) is 0 Å². The monoisotopic (exact) mass is 461 g/mol. The van der Waals surface area contributed by atoms with E-state index in [1.807, 2.05) is 4.90 Å². The van der Waals surface area contributed by atoms with Gasteiger partial charge in [-0.05, 0) is 36.4 Å². The van der Waals surface area contributed by atoms with E-state index in [-0.39, 0.29) is 11.7 Å². The van der Waals surface area contributed by atoms with Crippen molar-refractivity contribution in [3.05, 3.63) is 66.2 Å². The van der Waals surface area contributed by atoms with Gasteiger partial charge in [0, 0.05) is 32.1 Å². The van der Waals surface area contributed by atoms with Gasteiger partial charge in [-0.3, -0.25) is 4.79 Å². The number of aliphatic hydroxyl groups excluding tert-OH is 1. The van der Waals surface area contributed by atoms with Gasteiger partial charge in [-0.1, -0.05) is 0 Å². The lowest BCUT2D eigenvalue weighted by Crippen LogP contribution is -2.51. The molecule has 1 aromatic carbocycles. The molecule has 2 saturated heterocycles. The maximum atomic E-state index is 13.0. The SMILES string of the molecule is N#Cc1cc(N2CC[C@@H](Oc3ccc(Oc4ccc(F)cc4)nc3)C2=O)cnc1N1CC(O)C1. The molecule has 0 aliphatic carbocycles. The van der Waals surface area contributed by atoms with Crippen molar-refractivity contribution < 1.29 is 23.8 Å². The Morgan fingerprint density at radius 3 is 2.53 bits per heavy atom. The molecular weight excluding hydrogens is 441 g/mol. The quantitative estimate of drug-likeness (QED) is 0.596. The van der Waals surface area contributed by atoms with E-state index in [1.54, 1.807) is 29.3 Å². The van der Waals surface area contributed by atoms with Crippen LogP contribution in [0.3, 0.4) is 0 Å². The van der Waals surface area contributed by atoms with Crippen molar-refractivity contribution in [1.29, 1.82) is 5.26 Å². The molecule has 1 N–H and O–H groups in total. The van der Waals surface area contributed by atoms with Crippen molar-refractivity contribution in [2.24, 2.45) is 0 Å². The van der Waals surface area contributed by atoms with Crippen molar-refractivity contribution in [2.45, 2.75) is 18.6 Å². The fraction of sp³-hybridized carbons (Fsp3) is 0.250. The highest BCUT2D eigenvalue weighted by atomic mass is 19.1. The molecule has 34 heavy (non-hydrogen) atoms. The predicted octanol–water partition coefficient (Wildman–Crippen LogP) is 2.64. The van der Waals surface area contributed by atoms with E-state index in [2.05, 4.69) is 16.0 Å². The average molecular weight is 461 g/mol. The van der Waals surface area contributed by atoms with Crippen molar-refractivity contribution in [3.63, 3.8) is 0 Å². The van der Waals surface area contributed by atoms with Crippen LogP contribution in [0.15, 0.2) is 54.9 Å². The topological polar surface area (TPSA) is 112 Å². The largest absolute Gasteiger partial charge is 0.479 e. The number of carbonyl (C=O) groups excluding carboxylic acids is 1. The second-order valence-corrected chi connectivity index (χ2v) is 8.01. The smallest absolute Gasteiger partial charge is 0.268 e. The van der Waals surface area contributed by atoms with Gasteiger partial charge in [0.25, 0.3) is 5.91 Å². The minimum absolute atomic E-state index is 0.232. The maximum Gasteiger partial charge on any atom is 0.268 e. The fourth-order valence-electron chi connectivity index (χ4n) is 3.86. The summed E-state index contributed by atoms with van der Waals surface area (Å²) < 4.78 is 24.4. The molecule has 0 saturated carbocycles. The Morgan fingerprint density at radius 1 is 1.09 bits per heavy atom. The second kappa shape index (κ2) is 8.96. The average Bonchev–Trinajstić information content (AvgIpc) is 3.19. The lowest BCUT2D eigenvalue weighted by atomic mass is 10.1. The summed E-state index contributed by atoms with van der Waals surface area (Å²) in [5, 5.41) is 19.0. The number of nitrogens with zero attached hydrogens (tertiary/aromatic N) is 5. The first-order valence-corrected chi connectivity index (χ1v) is 10.7. The third kappa shape index (κ3) is 4.33. The Balaban J connectivity index is 1.23. The van der Waals surface area contributed by atoms with Gasteiger partial charge in [-0.2, -0.15) is 5.26 Å². The van der Waals surface area contributed by atoms with Crippen LogP contribution in [-0.4, -0.2) is 52.8 Å². The molecule has 10 heteroatoms. The number of amides is 1. The Kier molecular flexibility index (Phi) is 5.69. The summed E-state index contributed by atoms with van der Waals surface area (Å²) in [5.41, 5.74) is 0.876. The first kappa shape index (κ1) is 21.6. The van der Waals surface area contributed by atoms with Crippen molar-refractivity contribution in [1.82, 2.24) is 9.97 Å². The molecule has 5 rings (SSSR count). The number of pyridine rings is 2. The standard InChI is InChI=1S/C24H20FN5O4/c25-16-1-3-19(4-2-16)34-22-6-5-20(12-27-22)33-21-7-8-30(24(21)32)17-9-15(10-26)23(28-11-17)29-13-18(31)14-29/h1-6,9,11-12,18,21,31H,7-8,13-14H2/t21-/m1/s1.